The maximum Gasteiger partial charge on any atom is 0.234 e. The highest BCUT2D eigenvalue weighted by atomic mass is 32.2. The van der Waals surface area contributed by atoms with Crippen molar-refractivity contribution in [3.63, 3.8) is 0 Å². The topological polar surface area (TPSA) is 59.8 Å². The van der Waals surface area contributed by atoms with Crippen LogP contribution in [0.1, 0.15) is 43.2 Å². The van der Waals surface area contributed by atoms with Crippen molar-refractivity contribution >= 4 is 34.7 Å². The third-order valence-electron chi connectivity index (χ3n) is 4.96. The number of aryl methyl sites for hydroxylation is 1. The summed E-state index contributed by atoms with van der Waals surface area (Å²) in [5.41, 5.74) is 2.77. The summed E-state index contributed by atoms with van der Waals surface area (Å²) in [6, 6.07) is 6.32. The predicted molar refractivity (Wildman–Crippen MR) is 116 cm³/mol. The van der Waals surface area contributed by atoms with Gasteiger partial charge in [0, 0.05) is 21.9 Å². The van der Waals surface area contributed by atoms with Gasteiger partial charge >= 0.3 is 0 Å². The Kier molecular flexibility index (Phi) is 6.01. The molecule has 2 heterocycles. The molecule has 1 aromatic carbocycles. The second-order valence-corrected chi connectivity index (χ2v) is 9.25. The minimum absolute atomic E-state index is 0.140. The highest BCUT2D eigenvalue weighted by Gasteiger charge is 2.23. The van der Waals surface area contributed by atoms with E-state index in [4.69, 9.17) is 0 Å². The third-order valence-corrected chi connectivity index (χ3v) is 7.00. The van der Waals surface area contributed by atoms with E-state index in [-0.39, 0.29) is 23.4 Å². The summed E-state index contributed by atoms with van der Waals surface area (Å²) < 4.78 is 15.8. The van der Waals surface area contributed by atoms with Gasteiger partial charge in [0.15, 0.2) is 11.0 Å². The molecule has 0 aliphatic heterocycles. The summed E-state index contributed by atoms with van der Waals surface area (Å²) in [6.07, 6.45) is 4.70. The zero-order valence-corrected chi connectivity index (χ0v) is 18.1. The number of nitrogens with zero attached hydrogens (tertiary/aromatic N) is 3. The highest BCUT2D eigenvalue weighted by molar-refractivity contribution is 7.99. The number of aromatic nitrogens is 3. The normalized spacial score (nSPS) is 13.5. The quantitative estimate of drug-likeness (QED) is 0.537. The Bertz CT molecular complexity index is 1030. The zero-order chi connectivity index (χ0) is 20.4. The van der Waals surface area contributed by atoms with Crippen LogP contribution in [0.3, 0.4) is 0 Å². The summed E-state index contributed by atoms with van der Waals surface area (Å²) in [7, 11) is 0. The number of hydrogen-bond donors (Lipinski definition) is 1. The number of thioether (sulfide) groups is 1. The largest absolute Gasteiger partial charge is 0.323 e. The molecule has 29 heavy (non-hydrogen) atoms. The molecule has 8 heteroatoms. The van der Waals surface area contributed by atoms with Crippen molar-refractivity contribution in [2.24, 2.45) is 0 Å². The molecule has 0 spiro atoms. The second kappa shape index (κ2) is 8.67. The van der Waals surface area contributed by atoms with Crippen molar-refractivity contribution in [1.29, 1.82) is 0 Å². The van der Waals surface area contributed by atoms with Gasteiger partial charge in [0.25, 0.3) is 0 Å². The maximum atomic E-state index is 13.7. The molecule has 2 aromatic heterocycles. The van der Waals surface area contributed by atoms with Gasteiger partial charge in [-0.1, -0.05) is 23.9 Å². The van der Waals surface area contributed by atoms with E-state index in [1.165, 1.54) is 46.7 Å². The molecule has 3 aromatic rings. The summed E-state index contributed by atoms with van der Waals surface area (Å²) in [5.74, 6) is 0.297. The number of thiophene rings is 1. The second-order valence-electron chi connectivity index (χ2n) is 7.34. The van der Waals surface area contributed by atoms with Gasteiger partial charge in [-0.15, -0.1) is 21.5 Å². The van der Waals surface area contributed by atoms with E-state index in [0.29, 0.717) is 5.16 Å². The van der Waals surface area contributed by atoms with Crippen LogP contribution in [-0.4, -0.2) is 26.4 Å². The van der Waals surface area contributed by atoms with Crippen LogP contribution in [0.5, 0.6) is 0 Å². The van der Waals surface area contributed by atoms with Gasteiger partial charge < -0.3 is 5.32 Å². The van der Waals surface area contributed by atoms with Crippen LogP contribution in [0.2, 0.25) is 0 Å². The average Bonchev–Trinajstić information content (AvgIpc) is 3.32. The SMILES string of the molecule is CC(C)n1c(SCC(=O)Nc2ccccc2F)nnc1-c1csc2c1CCCC2. The summed E-state index contributed by atoms with van der Waals surface area (Å²) in [6.45, 7) is 4.18. The number of carbonyl (C=O) groups is 1. The summed E-state index contributed by atoms with van der Waals surface area (Å²) in [5, 5.41) is 14.3. The molecule has 152 valence electrons. The van der Waals surface area contributed by atoms with Crippen molar-refractivity contribution in [1.82, 2.24) is 14.8 Å². The van der Waals surface area contributed by atoms with Gasteiger partial charge in [0.1, 0.15) is 5.82 Å². The molecule has 0 atom stereocenters. The monoisotopic (exact) mass is 430 g/mol. The molecule has 4 rings (SSSR count). The Hall–Kier alpha value is -2.19. The van der Waals surface area contributed by atoms with E-state index < -0.39 is 5.82 Å². The molecule has 1 amide bonds. The first-order valence-corrected chi connectivity index (χ1v) is 11.6. The zero-order valence-electron chi connectivity index (χ0n) is 16.4. The Morgan fingerprint density at radius 3 is 2.86 bits per heavy atom. The first kappa shape index (κ1) is 20.1. The van der Waals surface area contributed by atoms with E-state index >= 15 is 0 Å². The Labute approximate surface area is 177 Å². The van der Waals surface area contributed by atoms with Crippen LogP contribution < -0.4 is 5.32 Å². The van der Waals surface area contributed by atoms with E-state index in [2.05, 4.69) is 39.3 Å². The number of carbonyl (C=O) groups excluding carboxylic acids is 1. The van der Waals surface area contributed by atoms with Crippen LogP contribution in [0, 0.1) is 5.82 Å². The molecule has 0 radical (unpaired) electrons. The van der Waals surface area contributed by atoms with Crippen molar-refractivity contribution in [3.05, 3.63) is 45.9 Å². The fourth-order valence-electron chi connectivity index (χ4n) is 3.58. The van der Waals surface area contributed by atoms with Crippen molar-refractivity contribution in [3.8, 4) is 11.4 Å². The number of hydrogen-bond acceptors (Lipinski definition) is 5. The molecule has 1 aliphatic rings. The van der Waals surface area contributed by atoms with Crippen LogP contribution in [0.4, 0.5) is 10.1 Å². The van der Waals surface area contributed by atoms with Crippen molar-refractivity contribution in [2.45, 2.75) is 50.7 Å². The van der Waals surface area contributed by atoms with E-state index in [0.717, 1.165) is 18.7 Å². The molecule has 0 fully saturated rings. The van der Waals surface area contributed by atoms with E-state index in [9.17, 15) is 9.18 Å². The van der Waals surface area contributed by atoms with Crippen LogP contribution in [-0.2, 0) is 17.6 Å². The van der Waals surface area contributed by atoms with Gasteiger partial charge in [0.05, 0.1) is 11.4 Å². The minimum Gasteiger partial charge on any atom is -0.323 e. The standard InChI is InChI=1S/C21H23FN4OS2/c1-13(2)26-20(15-11-28-18-10-6-3-7-14(15)18)24-25-21(26)29-12-19(27)23-17-9-5-4-8-16(17)22/h4-5,8-9,11,13H,3,6-7,10,12H2,1-2H3,(H,23,27). The number of amides is 1. The lowest BCUT2D eigenvalue weighted by atomic mass is 9.95. The molecule has 0 saturated carbocycles. The Morgan fingerprint density at radius 1 is 1.28 bits per heavy atom. The van der Waals surface area contributed by atoms with Gasteiger partial charge in [-0.05, 0) is 57.2 Å². The van der Waals surface area contributed by atoms with Gasteiger partial charge in [-0.3, -0.25) is 9.36 Å². The maximum absolute atomic E-state index is 13.7. The van der Waals surface area contributed by atoms with Crippen LogP contribution in [0.25, 0.3) is 11.4 Å². The number of halogens is 1. The fraction of sp³-hybridized carbons (Fsp3) is 0.381. The van der Waals surface area contributed by atoms with Crippen molar-refractivity contribution < 1.29 is 9.18 Å². The Morgan fingerprint density at radius 2 is 2.07 bits per heavy atom. The highest BCUT2D eigenvalue weighted by Crippen LogP contribution is 2.37. The lowest BCUT2D eigenvalue weighted by Crippen LogP contribution is -2.16. The lowest BCUT2D eigenvalue weighted by Gasteiger charge is -2.16. The third kappa shape index (κ3) is 4.23. The smallest absolute Gasteiger partial charge is 0.234 e. The van der Waals surface area contributed by atoms with E-state index in [1.807, 2.05) is 11.3 Å². The average molecular weight is 431 g/mol. The number of fused-ring (bicyclic) bond motifs is 1. The first-order valence-electron chi connectivity index (χ1n) is 9.76. The number of benzene rings is 1. The molecule has 0 saturated heterocycles. The minimum atomic E-state index is -0.444. The van der Waals surface area contributed by atoms with Crippen LogP contribution >= 0.6 is 23.1 Å². The molecule has 5 nitrogen and oxygen atoms in total. The molecule has 1 aliphatic carbocycles. The molecule has 0 unspecified atom stereocenters. The first-order chi connectivity index (χ1) is 14.0. The van der Waals surface area contributed by atoms with E-state index in [1.54, 1.807) is 18.2 Å². The molecule has 0 bridgehead atoms. The molecular formula is C21H23FN4OS2. The fourth-order valence-corrected chi connectivity index (χ4v) is 5.58. The number of anilines is 1. The summed E-state index contributed by atoms with van der Waals surface area (Å²) >= 11 is 3.13. The van der Waals surface area contributed by atoms with Gasteiger partial charge in [-0.25, -0.2) is 4.39 Å². The number of nitrogens with one attached hydrogen (secondary N) is 1. The van der Waals surface area contributed by atoms with Gasteiger partial charge in [0.2, 0.25) is 5.91 Å². The molecule has 1 N–H and O–H groups in total. The van der Waals surface area contributed by atoms with Crippen molar-refractivity contribution in [2.75, 3.05) is 11.1 Å². The lowest BCUT2D eigenvalue weighted by molar-refractivity contribution is -0.113. The van der Waals surface area contributed by atoms with Crippen LogP contribution in [0.15, 0.2) is 34.8 Å². The number of para-hydroxylation sites is 1. The molecular weight excluding hydrogens is 407 g/mol. The predicted octanol–water partition coefficient (Wildman–Crippen LogP) is 5.34. The number of rotatable bonds is 6. The Balaban J connectivity index is 1.52. The van der Waals surface area contributed by atoms with Gasteiger partial charge in [-0.2, -0.15) is 0 Å². The summed E-state index contributed by atoms with van der Waals surface area (Å²) in [4.78, 5) is 13.8.